The molecule has 0 spiro atoms. The molecule has 0 amide bonds. The van der Waals surface area contributed by atoms with Crippen molar-refractivity contribution >= 4 is 0 Å². The van der Waals surface area contributed by atoms with E-state index in [0.29, 0.717) is 7.18 Å². The van der Waals surface area contributed by atoms with Crippen LogP contribution in [0.1, 0.15) is 42.0 Å². The number of halogens is 1. The Bertz CT molecular complexity index is 666. The second-order valence-electron chi connectivity index (χ2n) is 8.17. The van der Waals surface area contributed by atoms with Crippen molar-refractivity contribution in [1.82, 2.24) is 15.5 Å². The van der Waals surface area contributed by atoms with Crippen LogP contribution in [0.3, 0.4) is 0 Å². The molecule has 0 bridgehead atoms. The zero-order chi connectivity index (χ0) is 24.4. The number of piperidine rings is 1. The molecule has 0 aliphatic carbocycles. The van der Waals surface area contributed by atoms with Gasteiger partial charge in [0.2, 0.25) is 0 Å². The predicted molar refractivity (Wildman–Crippen MR) is 139 cm³/mol. The van der Waals surface area contributed by atoms with Gasteiger partial charge in [-0.25, -0.2) is 0 Å². The van der Waals surface area contributed by atoms with Gasteiger partial charge in [-0.15, -0.1) is 13.2 Å². The number of hydrogen-bond acceptors (Lipinski definition) is 3. The van der Waals surface area contributed by atoms with Gasteiger partial charge in [0.1, 0.15) is 0 Å². The highest BCUT2D eigenvalue weighted by Gasteiger charge is 2.11. The van der Waals surface area contributed by atoms with Crippen LogP contribution < -0.4 is 10.6 Å². The molecule has 1 saturated heterocycles. The number of benzene rings is 2. The van der Waals surface area contributed by atoms with Gasteiger partial charge in [0.05, 0.1) is 13.0 Å². The van der Waals surface area contributed by atoms with Crippen LogP contribution in [-0.4, -0.2) is 32.2 Å². The molecule has 1 aliphatic rings. The van der Waals surface area contributed by atoms with Gasteiger partial charge in [-0.1, -0.05) is 73.2 Å². The summed E-state index contributed by atoms with van der Waals surface area (Å²) >= 11 is 0. The lowest BCUT2D eigenvalue weighted by Gasteiger charge is -2.26. The molecular formula is C28H44FN3. The molecule has 2 N–H and O–H groups in total. The summed E-state index contributed by atoms with van der Waals surface area (Å²) in [6.07, 6.45) is 2.84. The molecule has 4 heteroatoms. The minimum atomic E-state index is 0.500. The summed E-state index contributed by atoms with van der Waals surface area (Å²) < 4.78 is 9.50. The van der Waals surface area contributed by atoms with E-state index in [2.05, 4.69) is 112 Å². The number of nitrogens with one attached hydrogen (secondary N) is 2. The highest BCUT2D eigenvalue weighted by molar-refractivity contribution is 5.22. The topological polar surface area (TPSA) is 27.3 Å². The Morgan fingerprint density at radius 3 is 1.62 bits per heavy atom. The van der Waals surface area contributed by atoms with E-state index in [1.165, 1.54) is 48.2 Å². The largest absolute Gasteiger partial charge is 0.368 e. The van der Waals surface area contributed by atoms with Gasteiger partial charge in [-0.05, 0) is 57.3 Å². The predicted octanol–water partition coefficient (Wildman–Crippen LogP) is 6.39. The molecule has 2 aromatic carbocycles. The fourth-order valence-electron chi connectivity index (χ4n) is 3.32. The van der Waals surface area contributed by atoms with Crippen molar-refractivity contribution < 1.29 is 4.39 Å². The van der Waals surface area contributed by atoms with E-state index in [4.69, 9.17) is 0 Å². The highest BCUT2D eigenvalue weighted by Crippen LogP contribution is 2.12. The molecule has 2 aromatic rings. The molecule has 178 valence electrons. The smallest absolute Gasteiger partial charge is 0.0917 e. The van der Waals surface area contributed by atoms with Gasteiger partial charge in [-0.2, -0.15) is 0 Å². The zero-order valence-corrected chi connectivity index (χ0v) is 20.9. The fraction of sp³-hybridized carbons (Fsp3) is 0.429. The SMILES string of the molecule is C=C.C=C(NCc1ccc(C)cc1)NCc1ccc(C)cc1.CC1CCCN(C)C1.CF. The number of nitrogens with zero attached hydrogens (tertiary/aromatic N) is 1. The normalized spacial score (nSPS) is 14.9. The highest BCUT2D eigenvalue weighted by atomic mass is 19.1. The van der Waals surface area contributed by atoms with E-state index in [-0.39, 0.29) is 0 Å². The first-order chi connectivity index (χ1) is 15.4. The lowest BCUT2D eigenvalue weighted by atomic mass is 10.0. The van der Waals surface area contributed by atoms with Crippen molar-refractivity contribution in [2.45, 2.75) is 46.7 Å². The maximum absolute atomic E-state index is 9.50. The summed E-state index contributed by atoms with van der Waals surface area (Å²) in [6, 6.07) is 17.0. The molecule has 3 nitrogen and oxygen atoms in total. The quantitative estimate of drug-likeness (QED) is 0.509. The van der Waals surface area contributed by atoms with Gasteiger partial charge < -0.3 is 15.5 Å². The summed E-state index contributed by atoms with van der Waals surface area (Å²) in [5.74, 6) is 1.79. The summed E-state index contributed by atoms with van der Waals surface area (Å²) in [6.45, 7) is 20.7. The summed E-state index contributed by atoms with van der Waals surface area (Å²) in [5, 5.41) is 6.59. The molecule has 3 rings (SSSR count). The Kier molecular flexibility index (Phi) is 16.6. The Labute approximate surface area is 196 Å². The van der Waals surface area contributed by atoms with Crippen LogP contribution >= 0.6 is 0 Å². The number of alkyl halides is 1. The lowest BCUT2D eigenvalue weighted by molar-refractivity contribution is 0.221. The second kappa shape index (κ2) is 18.0. The third-order valence-electron chi connectivity index (χ3n) is 5.11. The summed E-state index contributed by atoms with van der Waals surface area (Å²) in [4.78, 5) is 2.41. The van der Waals surface area contributed by atoms with Crippen LogP contribution in [0.5, 0.6) is 0 Å². The van der Waals surface area contributed by atoms with Crippen LogP contribution in [0.25, 0.3) is 0 Å². The van der Waals surface area contributed by atoms with Crippen LogP contribution in [-0.2, 0) is 13.1 Å². The summed E-state index contributed by atoms with van der Waals surface area (Å²) in [5.41, 5.74) is 5.08. The van der Waals surface area contributed by atoms with Gasteiger partial charge in [0.15, 0.2) is 0 Å². The molecular weight excluding hydrogens is 397 g/mol. The van der Waals surface area contributed by atoms with Crippen LogP contribution in [0.4, 0.5) is 4.39 Å². The van der Waals surface area contributed by atoms with Crippen molar-refractivity contribution in [3.63, 3.8) is 0 Å². The minimum absolute atomic E-state index is 0.500. The molecule has 0 aromatic heterocycles. The van der Waals surface area contributed by atoms with E-state index in [1.807, 2.05) is 0 Å². The van der Waals surface area contributed by atoms with Crippen LogP contribution in [0.15, 0.2) is 74.1 Å². The average Bonchev–Trinajstić information content (AvgIpc) is 2.81. The first kappa shape index (κ1) is 29.4. The van der Waals surface area contributed by atoms with Crippen molar-refractivity contribution in [2.75, 3.05) is 27.3 Å². The van der Waals surface area contributed by atoms with E-state index in [0.717, 1.165) is 24.8 Å². The van der Waals surface area contributed by atoms with E-state index in [9.17, 15) is 4.39 Å². The van der Waals surface area contributed by atoms with Gasteiger partial charge in [0, 0.05) is 19.6 Å². The molecule has 1 atom stereocenters. The monoisotopic (exact) mass is 441 g/mol. The Balaban J connectivity index is 0.000000666. The molecule has 0 radical (unpaired) electrons. The third kappa shape index (κ3) is 13.7. The van der Waals surface area contributed by atoms with Crippen molar-refractivity contribution in [3.8, 4) is 0 Å². The van der Waals surface area contributed by atoms with Gasteiger partial charge >= 0.3 is 0 Å². The van der Waals surface area contributed by atoms with Gasteiger partial charge in [-0.3, -0.25) is 4.39 Å². The number of hydrogen-bond donors (Lipinski definition) is 2. The van der Waals surface area contributed by atoms with Crippen LogP contribution in [0.2, 0.25) is 0 Å². The molecule has 0 saturated carbocycles. The fourth-order valence-corrected chi connectivity index (χ4v) is 3.32. The Hall–Kier alpha value is -2.59. The minimum Gasteiger partial charge on any atom is -0.368 e. The standard InChI is InChI=1S/C18H22N2.C7H15N.C2H4.CH3F/c1-14-4-8-17(9-5-14)12-19-16(3)20-13-18-10-6-15(2)7-11-18;1-7-4-3-5-8(2)6-7;2*1-2/h4-11,19-20H,3,12-13H2,1-2H3;7H,3-6H2,1-2H3;1-2H2;1H3. The third-order valence-corrected chi connectivity index (χ3v) is 5.11. The first-order valence-corrected chi connectivity index (χ1v) is 11.3. The van der Waals surface area contributed by atoms with E-state index >= 15 is 0 Å². The number of rotatable bonds is 6. The molecule has 1 aliphatic heterocycles. The Morgan fingerprint density at radius 2 is 1.31 bits per heavy atom. The van der Waals surface area contributed by atoms with Crippen molar-refractivity contribution in [1.29, 1.82) is 0 Å². The van der Waals surface area contributed by atoms with Crippen molar-refractivity contribution in [2.24, 2.45) is 5.92 Å². The molecule has 32 heavy (non-hydrogen) atoms. The molecule has 1 heterocycles. The van der Waals surface area contributed by atoms with E-state index < -0.39 is 0 Å². The molecule has 1 unspecified atom stereocenters. The number of likely N-dealkylation sites (tertiary alicyclic amines) is 1. The molecule has 1 fully saturated rings. The second-order valence-corrected chi connectivity index (χ2v) is 8.17. The van der Waals surface area contributed by atoms with E-state index in [1.54, 1.807) is 0 Å². The van der Waals surface area contributed by atoms with Crippen LogP contribution in [0, 0.1) is 19.8 Å². The first-order valence-electron chi connectivity index (χ1n) is 11.3. The number of aryl methyl sites for hydroxylation is 2. The van der Waals surface area contributed by atoms with Gasteiger partial charge in [0.25, 0.3) is 0 Å². The maximum atomic E-state index is 9.50. The lowest BCUT2D eigenvalue weighted by Crippen LogP contribution is -2.30. The maximum Gasteiger partial charge on any atom is 0.0917 e. The summed E-state index contributed by atoms with van der Waals surface area (Å²) in [7, 11) is 2.70. The van der Waals surface area contributed by atoms with Crippen molar-refractivity contribution in [3.05, 3.63) is 96.3 Å². The zero-order valence-electron chi connectivity index (χ0n) is 20.9. The average molecular weight is 442 g/mol. The Morgan fingerprint density at radius 1 is 0.906 bits per heavy atom.